The number of carbonyl (C=O) groups excluding carboxylic acids is 1. The molecule has 0 aromatic heterocycles. The van der Waals surface area contributed by atoms with Gasteiger partial charge in [-0.3, -0.25) is 4.79 Å². The lowest BCUT2D eigenvalue weighted by Gasteiger charge is -2.25. The van der Waals surface area contributed by atoms with Crippen molar-refractivity contribution < 1.29 is 13.2 Å². The number of hydrogen-bond donors (Lipinski definition) is 0. The molecule has 19 heavy (non-hydrogen) atoms. The van der Waals surface area contributed by atoms with Crippen LogP contribution in [0.2, 0.25) is 0 Å². The summed E-state index contributed by atoms with van der Waals surface area (Å²) in [7, 11) is -3.52. The van der Waals surface area contributed by atoms with Gasteiger partial charge in [-0.25, -0.2) is 8.42 Å². The highest BCUT2D eigenvalue weighted by Gasteiger charge is 2.29. The second kappa shape index (κ2) is 5.43. The van der Waals surface area contributed by atoms with Crippen LogP contribution in [0.1, 0.15) is 38.2 Å². The van der Waals surface area contributed by atoms with Gasteiger partial charge in [0.05, 0.1) is 11.4 Å². The molecular weight excluding hydrogens is 262 g/mol. The molecule has 104 valence electrons. The zero-order valence-corrected chi connectivity index (χ0v) is 12.1. The van der Waals surface area contributed by atoms with Crippen molar-refractivity contribution >= 4 is 15.8 Å². The van der Waals surface area contributed by atoms with Crippen molar-refractivity contribution in [2.75, 3.05) is 13.1 Å². The molecule has 0 amide bonds. The Kier molecular flexibility index (Phi) is 4.06. The summed E-state index contributed by atoms with van der Waals surface area (Å²) in [6.45, 7) is 4.56. The molecule has 0 unspecified atom stereocenters. The Labute approximate surface area is 114 Å². The molecule has 0 aliphatic carbocycles. The molecule has 1 aromatic rings. The van der Waals surface area contributed by atoms with Crippen molar-refractivity contribution in [2.24, 2.45) is 0 Å². The average molecular weight is 281 g/mol. The molecule has 0 radical (unpaired) electrons. The standard InChI is InChI=1S/C14H19NO3S/c1-11(2)12-5-7-14(8-6-12)19(17,18)15-9-3-4-13(16)10-15/h5-8,11H,3-4,9-10H2,1-2H3. The van der Waals surface area contributed by atoms with E-state index in [1.165, 1.54) is 4.31 Å². The molecule has 0 spiro atoms. The second-order valence-electron chi connectivity index (χ2n) is 5.20. The van der Waals surface area contributed by atoms with Crippen LogP contribution in [0.4, 0.5) is 0 Å². The van der Waals surface area contributed by atoms with E-state index in [4.69, 9.17) is 0 Å². The Bertz CT molecular complexity index is 561. The normalized spacial score (nSPS) is 17.9. The van der Waals surface area contributed by atoms with Gasteiger partial charge in [0, 0.05) is 13.0 Å². The quantitative estimate of drug-likeness (QED) is 0.853. The molecule has 4 nitrogen and oxygen atoms in total. The van der Waals surface area contributed by atoms with Crippen molar-refractivity contribution in [3.8, 4) is 0 Å². The number of ketones is 1. The summed E-state index contributed by atoms with van der Waals surface area (Å²) in [6.07, 6.45) is 1.10. The fourth-order valence-corrected chi connectivity index (χ4v) is 3.65. The number of carbonyl (C=O) groups is 1. The molecule has 0 atom stereocenters. The van der Waals surface area contributed by atoms with Crippen LogP contribution in [-0.4, -0.2) is 31.6 Å². The third-order valence-corrected chi connectivity index (χ3v) is 5.26. The Morgan fingerprint density at radius 1 is 1.16 bits per heavy atom. The van der Waals surface area contributed by atoms with Crippen LogP contribution in [-0.2, 0) is 14.8 Å². The van der Waals surface area contributed by atoms with Crippen molar-refractivity contribution in [2.45, 2.75) is 37.5 Å². The van der Waals surface area contributed by atoms with Gasteiger partial charge in [0.2, 0.25) is 10.0 Å². The Morgan fingerprint density at radius 2 is 1.79 bits per heavy atom. The predicted octanol–water partition coefficient (Wildman–Crippen LogP) is 2.16. The van der Waals surface area contributed by atoms with Crippen LogP contribution in [0.3, 0.4) is 0 Å². The molecule has 1 aliphatic rings. The summed E-state index contributed by atoms with van der Waals surface area (Å²) in [6, 6.07) is 6.93. The van der Waals surface area contributed by atoms with E-state index in [1.807, 2.05) is 12.1 Å². The van der Waals surface area contributed by atoms with Gasteiger partial charge < -0.3 is 0 Å². The van der Waals surface area contributed by atoms with Crippen LogP contribution in [0.25, 0.3) is 0 Å². The Hall–Kier alpha value is -1.20. The lowest BCUT2D eigenvalue weighted by Crippen LogP contribution is -2.40. The first-order valence-electron chi connectivity index (χ1n) is 6.53. The molecule has 0 N–H and O–H groups in total. The predicted molar refractivity (Wildman–Crippen MR) is 73.5 cm³/mol. The summed E-state index contributed by atoms with van der Waals surface area (Å²) in [5.41, 5.74) is 1.11. The van der Waals surface area contributed by atoms with Gasteiger partial charge in [0.25, 0.3) is 0 Å². The molecule has 1 saturated heterocycles. The number of sulfonamides is 1. The fourth-order valence-electron chi connectivity index (χ4n) is 2.19. The summed E-state index contributed by atoms with van der Waals surface area (Å²) in [5.74, 6) is 0.363. The van der Waals surface area contributed by atoms with E-state index in [0.29, 0.717) is 25.3 Å². The van der Waals surface area contributed by atoms with Gasteiger partial charge in [0.1, 0.15) is 5.78 Å². The maximum absolute atomic E-state index is 12.4. The summed E-state index contributed by atoms with van der Waals surface area (Å²) in [4.78, 5) is 11.7. The van der Waals surface area contributed by atoms with E-state index in [9.17, 15) is 13.2 Å². The van der Waals surface area contributed by atoms with Gasteiger partial charge in [0.15, 0.2) is 0 Å². The van der Waals surface area contributed by atoms with Crippen LogP contribution in [0.15, 0.2) is 29.2 Å². The highest BCUT2D eigenvalue weighted by molar-refractivity contribution is 7.89. The number of benzene rings is 1. The van der Waals surface area contributed by atoms with Crippen molar-refractivity contribution in [1.82, 2.24) is 4.31 Å². The van der Waals surface area contributed by atoms with Gasteiger partial charge in [-0.2, -0.15) is 4.31 Å². The molecule has 1 heterocycles. The zero-order chi connectivity index (χ0) is 14.0. The van der Waals surface area contributed by atoms with Crippen LogP contribution >= 0.6 is 0 Å². The minimum Gasteiger partial charge on any atom is -0.298 e. The van der Waals surface area contributed by atoms with E-state index in [2.05, 4.69) is 13.8 Å². The van der Waals surface area contributed by atoms with Gasteiger partial charge in [-0.05, 0) is 30.0 Å². The summed E-state index contributed by atoms with van der Waals surface area (Å²) >= 11 is 0. The lowest BCUT2D eigenvalue weighted by molar-refractivity contribution is -0.120. The molecular formula is C14H19NO3S. The molecule has 1 fully saturated rings. The Morgan fingerprint density at radius 3 is 2.32 bits per heavy atom. The van der Waals surface area contributed by atoms with Crippen LogP contribution < -0.4 is 0 Å². The van der Waals surface area contributed by atoms with E-state index < -0.39 is 10.0 Å². The molecule has 0 saturated carbocycles. The number of rotatable bonds is 3. The zero-order valence-electron chi connectivity index (χ0n) is 11.3. The van der Waals surface area contributed by atoms with Crippen molar-refractivity contribution in [3.05, 3.63) is 29.8 Å². The summed E-state index contributed by atoms with van der Waals surface area (Å²) < 4.78 is 26.1. The third-order valence-electron chi connectivity index (χ3n) is 3.40. The van der Waals surface area contributed by atoms with Gasteiger partial charge >= 0.3 is 0 Å². The first-order chi connectivity index (χ1) is 8.91. The topological polar surface area (TPSA) is 54.5 Å². The van der Waals surface area contributed by atoms with E-state index >= 15 is 0 Å². The maximum atomic E-state index is 12.4. The molecule has 0 bridgehead atoms. The van der Waals surface area contributed by atoms with E-state index in [1.54, 1.807) is 12.1 Å². The summed E-state index contributed by atoms with van der Waals surface area (Å²) in [5, 5.41) is 0. The largest absolute Gasteiger partial charge is 0.298 e. The smallest absolute Gasteiger partial charge is 0.243 e. The highest BCUT2D eigenvalue weighted by Crippen LogP contribution is 2.22. The monoisotopic (exact) mass is 281 g/mol. The first kappa shape index (κ1) is 14.2. The maximum Gasteiger partial charge on any atom is 0.243 e. The third kappa shape index (κ3) is 3.04. The first-order valence-corrected chi connectivity index (χ1v) is 7.97. The lowest BCUT2D eigenvalue weighted by atomic mass is 10.0. The molecule has 1 aliphatic heterocycles. The van der Waals surface area contributed by atoms with E-state index in [-0.39, 0.29) is 17.2 Å². The minimum absolute atomic E-state index is 0.00590. The van der Waals surface area contributed by atoms with Gasteiger partial charge in [-0.1, -0.05) is 26.0 Å². The van der Waals surface area contributed by atoms with Gasteiger partial charge in [-0.15, -0.1) is 0 Å². The minimum atomic E-state index is -3.52. The number of hydrogen-bond acceptors (Lipinski definition) is 3. The van der Waals surface area contributed by atoms with Crippen LogP contribution in [0, 0.1) is 0 Å². The van der Waals surface area contributed by atoms with E-state index in [0.717, 1.165) is 5.56 Å². The molecule has 5 heteroatoms. The fraction of sp³-hybridized carbons (Fsp3) is 0.500. The Balaban J connectivity index is 2.26. The average Bonchev–Trinajstić information content (AvgIpc) is 2.39. The van der Waals surface area contributed by atoms with Crippen LogP contribution in [0.5, 0.6) is 0 Å². The molecule has 1 aromatic carbocycles. The number of Topliss-reactive ketones (excluding diaryl/α,β-unsaturated/α-hetero) is 1. The molecule has 2 rings (SSSR count). The second-order valence-corrected chi connectivity index (χ2v) is 7.14. The highest BCUT2D eigenvalue weighted by atomic mass is 32.2. The SMILES string of the molecule is CC(C)c1ccc(S(=O)(=O)N2CCCC(=O)C2)cc1. The number of piperidine rings is 1. The number of nitrogens with zero attached hydrogens (tertiary/aromatic N) is 1. The van der Waals surface area contributed by atoms with Crippen molar-refractivity contribution in [3.63, 3.8) is 0 Å². The van der Waals surface area contributed by atoms with Crippen molar-refractivity contribution in [1.29, 1.82) is 0 Å².